The minimum Gasteiger partial charge on any atom is -0.480 e. The molecule has 0 aliphatic heterocycles. The molecule has 0 atom stereocenters. The van der Waals surface area contributed by atoms with Crippen LogP contribution in [0.1, 0.15) is 47.9 Å². The van der Waals surface area contributed by atoms with E-state index in [1.807, 2.05) is 30.3 Å². The summed E-state index contributed by atoms with van der Waals surface area (Å²) in [5, 5.41) is 13.9. The maximum atomic E-state index is 13.5. The van der Waals surface area contributed by atoms with Gasteiger partial charge < -0.3 is 10.4 Å². The summed E-state index contributed by atoms with van der Waals surface area (Å²) in [6.45, 7) is 0. The monoisotopic (exact) mass is 497 g/mol. The topological polar surface area (TPSA) is 49.3 Å². The first-order valence-corrected chi connectivity index (χ1v) is 11.8. The number of benzene rings is 3. The number of carboxylic acids is 1. The fraction of sp³-hybridized carbons (Fsp3) is 0.250. The predicted octanol–water partition coefficient (Wildman–Crippen LogP) is 7.66. The van der Waals surface area contributed by atoms with Crippen LogP contribution >= 0.6 is 11.6 Å². The van der Waals surface area contributed by atoms with Crippen molar-refractivity contribution < 1.29 is 23.1 Å². The highest BCUT2D eigenvalue weighted by molar-refractivity contribution is 6.30. The molecule has 0 bridgehead atoms. The molecular formula is C28H23ClF3NO2. The van der Waals surface area contributed by atoms with Crippen LogP contribution in [0.3, 0.4) is 0 Å². The van der Waals surface area contributed by atoms with Crippen molar-refractivity contribution >= 4 is 34.9 Å². The Morgan fingerprint density at radius 2 is 1.63 bits per heavy atom. The quantitative estimate of drug-likeness (QED) is 0.389. The van der Waals surface area contributed by atoms with Crippen LogP contribution in [0.25, 0.3) is 11.6 Å². The number of fused-ring (bicyclic) bond motifs is 2. The Morgan fingerprint density at radius 1 is 0.914 bits per heavy atom. The van der Waals surface area contributed by atoms with Gasteiger partial charge in [0.15, 0.2) is 0 Å². The zero-order valence-electron chi connectivity index (χ0n) is 18.7. The van der Waals surface area contributed by atoms with Crippen LogP contribution in [0.15, 0.2) is 72.8 Å². The maximum Gasteiger partial charge on any atom is 0.416 e. The van der Waals surface area contributed by atoms with E-state index in [0.29, 0.717) is 42.0 Å². The van der Waals surface area contributed by atoms with Crippen molar-refractivity contribution in [2.45, 2.75) is 42.8 Å². The number of rotatable bonds is 4. The lowest BCUT2D eigenvalue weighted by molar-refractivity contribution is -0.143. The first-order chi connectivity index (χ1) is 16.6. The lowest BCUT2D eigenvalue weighted by Crippen LogP contribution is -2.52. The van der Waals surface area contributed by atoms with Gasteiger partial charge in [-0.3, -0.25) is 0 Å². The summed E-state index contributed by atoms with van der Waals surface area (Å²) < 4.78 is 40.4. The molecule has 0 unspecified atom stereocenters. The molecule has 0 heterocycles. The van der Waals surface area contributed by atoms with Gasteiger partial charge in [0.2, 0.25) is 0 Å². The van der Waals surface area contributed by atoms with E-state index < -0.39 is 28.7 Å². The number of carbonyl (C=O) groups is 1. The molecule has 3 aromatic carbocycles. The van der Waals surface area contributed by atoms with E-state index in [1.54, 1.807) is 30.3 Å². The average Bonchev–Trinajstić information content (AvgIpc) is 3.14. The van der Waals surface area contributed by atoms with Crippen molar-refractivity contribution in [3.63, 3.8) is 0 Å². The number of anilines is 1. The number of hydrogen-bond donors (Lipinski definition) is 2. The first kappa shape index (κ1) is 23.5. The molecule has 5 rings (SSSR count). The number of nitrogens with one attached hydrogen (secondary N) is 1. The fourth-order valence-electron chi connectivity index (χ4n) is 5.60. The van der Waals surface area contributed by atoms with Crippen LogP contribution < -0.4 is 5.32 Å². The Labute approximate surface area is 206 Å². The van der Waals surface area contributed by atoms with E-state index in [0.717, 1.165) is 22.8 Å². The van der Waals surface area contributed by atoms with Crippen molar-refractivity contribution in [1.29, 1.82) is 0 Å². The summed E-state index contributed by atoms with van der Waals surface area (Å²) >= 11 is 6.10. The third-order valence-corrected chi connectivity index (χ3v) is 7.60. The van der Waals surface area contributed by atoms with Crippen LogP contribution in [-0.4, -0.2) is 16.6 Å². The number of halogens is 4. The Balaban J connectivity index is 1.53. The van der Waals surface area contributed by atoms with Crippen LogP contribution in [-0.2, 0) is 16.4 Å². The summed E-state index contributed by atoms with van der Waals surface area (Å²) in [4.78, 5) is 12.5. The molecule has 1 spiro atoms. The Kier molecular flexibility index (Phi) is 5.67. The normalized spacial score (nSPS) is 23.6. The van der Waals surface area contributed by atoms with Gasteiger partial charge in [0.25, 0.3) is 0 Å². The number of allylic oxidation sites excluding steroid dienone is 1. The zero-order valence-corrected chi connectivity index (χ0v) is 19.5. The largest absolute Gasteiger partial charge is 0.480 e. The SMILES string of the molecule is O=C(O)C1(Nc2cccc(Cl)c2)CCC2(CC1)C(c1cccc(C(F)(F)F)c1)=Cc1ccccc12. The molecule has 3 aromatic rings. The van der Waals surface area contributed by atoms with Crippen LogP contribution in [0.5, 0.6) is 0 Å². The van der Waals surface area contributed by atoms with Gasteiger partial charge in [-0.2, -0.15) is 13.2 Å². The van der Waals surface area contributed by atoms with Crippen molar-refractivity contribution in [2.24, 2.45) is 0 Å². The van der Waals surface area contributed by atoms with Crippen LogP contribution in [0, 0.1) is 0 Å². The maximum absolute atomic E-state index is 13.5. The first-order valence-electron chi connectivity index (χ1n) is 11.4. The Hall–Kier alpha value is -3.25. The van der Waals surface area contributed by atoms with Gasteiger partial charge in [-0.05, 0) is 84.4 Å². The van der Waals surface area contributed by atoms with E-state index in [2.05, 4.69) is 5.32 Å². The Bertz CT molecular complexity index is 1320. The smallest absolute Gasteiger partial charge is 0.416 e. The average molecular weight is 498 g/mol. The van der Waals surface area contributed by atoms with Gasteiger partial charge in [0, 0.05) is 16.1 Å². The number of aliphatic carboxylic acids is 1. The van der Waals surface area contributed by atoms with E-state index in [4.69, 9.17) is 11.6 Å². The third kappa shape index (κ3) is 4.10. The minimum absolute atomic E-state index is 0.305. The number of alkyl halides is 3. The molecule has 7 heteroatoms. The van der Waals surface area contributed by atoms with Gasteiger partial charge in [-0.25, -0.2) is 4.79 Å². The summed E-state index contributed by atoms with van der Waals surface area (Å²) in [6, 6.07) is 20.1. The summed E-state index contributed by atoms with van der Waals surface area (Å²) in [6.07, 6.45) is -0.916. The molecule has 35 heavy (non-hydrogen) atoms. The van der Waals surface area contributed by atoms with Gasteiger partial charge in [-0.15, -0.1) is 0 Å². The third-order valence-electron chi connectivity index (χ3n) is 7.37. The fourth-order valence-corrected chi connectivity index (χ4v) is 5.79. The van der Waals surface area contributed by atoms with Crippen molar-refractivity contribution in [3.05, 3.63) is 100 Å². The Morgan fingerprint density at radius 3 is 2.31 bits per heavy atom. The standard InChI is InChI=1S/C28H23ClF3NO2/c29-21-8-4-9-22(17-21)33-27(25(34)35)13-11-26(12-14-27)23-10-2-1-5-19(23)16-24(26)18-6-3-7-20(15-18)28(30,31)32/h1-10,15-17,33H,11-14H2,(H,34,35). The summed E-state index contributed by atoms with van der Waals surface area (Å²) in [5.74, 6) is -0.955. The highest BCUT2D eigenvalue weighted by Gasteiger charge is 2.52. The number of hydrogen-bond acceptors (Lipinski definition) is 2. The van der Waals surface area contributed by atoms with E-state index in [9.17, 15) is 23.1 Å². The second kappa shape index (κ2) is 8.45. The van der Waals surface area contributed by atoms with Crippen LogP contribution in [0.2, 0.25) is 5.02 Å². The molecule has 2 N–H and O–H groups in total. The lowest BCUT2D eigenvalue weighted by Gasteiger charge is -2.45. The predicted molar refractivity (Wildman–Crippen MR) is 131 cm³/mol. The molecule has 180 valence electrons. The van der Waals surface area contributed by atoms with Gasteiger partial charge in [0.05, 0.1) is 5.56 Å². The molecule has 0 aromatic heterocycles. The van der Waals surface area contributed by atoms with E-state index in [1.165, 1.54) is 12.1 Å². The zero-order chi connectivity index (χ0) is 24.8. The van der Waals surface area contributed by atoms with Crippen molar-refractivity contribution in [2.75, 3.05) is 5.32 Å². The van der Waals surface area contributed by atoms with E-state index >= 15 is 0 Å². The molecule has 0 radical (unpaired) electrons. The summed E-state index contributed by atoms with van der Waals surface area (Å²) in [7, 11) is 0. The molecule has 0 amide bonds. The molecule has 2 aliphatic carbocycles. The van der Waals surface area contributed by atoms with Gasteiger partial charge in [0.1, 0.15) is 5.54 Å². The van der Waals surface area contributed by atoms with E-state index in [-0.39, 0.29) is 0 Å². The molecule has 3 nitrogen and oxygen atoms in total. The molecule has 1 saturated carbocycles. The molecular weight excluding hydrogens is 475 g/mol. The van der Waals surface area contributed by atoms with Gasteiger partial charge >= 0.3 is 12.1 Å². The highest BCUT2D eigenvalue weighted by atomic mass is 35.5. The lowest BCUT2D eigenvalue weighted by atomic mass is 9.61. The van der Waals surface area contributed by atoms with Crippen molar-refractivity contribution in [1.82, 2.24) is 0 Å². The minimum atomic E-state index is -4.44. The van der Waals surface area contributed by atoms with Crippen molar-refractivity contribution in [3.8, 4) is 0 Å². The van der Waals surface area contributed by atoms with Crippen LogP contribution in [0.4, 0.5) is 18.9 Å². The molecule has 2 aliphatic rings. The highest BCUT2D eigenvalue weighted by Crippen LogP contribution is 2.57. The second-order valence-corrected chi connectivity index (χ2v) is 9.76. The molecule has 1 fully saturated rings. The van der Waals surface area contributed by atoms with Gasteiger partial charge in [-0.1, -0.05) is 54.1 Å². The summed E-state index contributed by atoms with van der Waals surface area (Å²) in [5.41, 5.74) is 1.49. The number of carboxylic acid groups (broad SMARTS) is 1. The second-order valence-electron chi connectivity index (χ2n) is 9.33. The molecule has 0 saturated heterocycles.